The summed E-state index contributed by atoms with van der Waals surface area (Å²) in [5, 5.41) is 7.57. The third-order valence-corrected chi connectivity index (χ3v) is 4.00. The number of H-pyrrole nitrogens is 1. The zero-order chi connectivity index (χ0) is 16.7. The molecule has 0 fully saturated rings. The molecule has 0 spiro atoms. The number of rotatable bonds is 2. The Bertz CT molecular complexity index is 1110. The molecule has 118 valence electrons. The second-order valence-corrected chi connectivity index (χ2v) is 5.52. The second-order valence-electron chi connectivity index (χ2n) is 5.14. The van der Waals surface area contributed by atoms with E-state index < -0.39 is 11.6 Å². The summed E-state index contributed by atoms with van der Waals surface area (Å²) in [7, 11) is 0. The fourth-order valence-electron chi connectivity index (χ4n) is 2.66. The lowest BCUT2D eigenvalue weighted by atomic mass is 10.1. The van der Waals surface area contributed by atoms with Gasteiger partial charge in [-0.1, -0.05) is 12.1 Å². The van der Waals surface area contributed by atoms with Crippen molar-refractivity contribution in [2.45, 2.75) is 0 Å². The molecule has 2 aromatic carbocycles. The van der Waals surface area contributed by atoms with Crippen LogP contribution in [-0.4, -0.2) is 19.7 Å². The highest BCUT2D eigenvalue weighted by molar-refractivity contribution is 7.71. The van der Waals surface area contributed by atoms with E-state index in [1.54, 1.807) is 16.8 Å². The van der Waals surface area contributed by atoms with E-state index in [0.717, 1.165) is 17.0 Å². The smallest absolute Gasteiger partial charge is 0.200 e. The number of nitrogens with zero attached hydrogens (tertiary/aromatic N) is 3. The Morgan fingerprint density at radius 1 is 1.00 bits per heavy atom. The van der Waals surface area contributed by atoms with Crippen molar-refractivity contribution in [2.24, 2.45) is 0 Å². The second kappa shape index (κ2) is 5.61. The van der Waals surface area contributed by atoms with Crippen molar-refractivity contribution in [2.75, 3.05) is 0 Å². The van der Waals surface area contributed by atoms with Crippen molar-refractivity contribution in [3.05, 3.63) is 71.1 Å². The van der Waals surface area contributed by atoms with Gasteiger partial charge in [-0.3, -0.25) is 14.6 Å². The molecule has 0 amide bonds. The molecule has 2 heterocycles. The molecule has 4 nitrogen and oxygen atoms in total. The van der Waals surface area contributed by atoms with Crippen LogP contribution in [0.15, 0.2) is 54.7 Å². The van der Waals surface area contributed by atoms with Crippen molar-refractivity contribution in [3.8, 4) is 17.1 Å². The topological polar surface area (TPSA) is 46.5 Å². The lowest BCUT2D eigenvalue weighted by molar-refractivity contribution is 0.510. The minimum atomic E-state index is -0.967. The Labute approximate surface area is 140 Å². The Hall–Kier alpha value is -2.93. The number of hydrogen-bond acceptors (Lipinski definition) is 3. The van der Waals surface area contributed by atoms with Crippen molar-refractivity contribution in [1.82, 2.24) is 19.7 Å². The van der Waals surface area contributed by atoms with Crippen LogP contribution < -0.4 is 0 Å². The summed E-state index contributed by atoms with van der Waals surface area (Å²) >= 11 is 5.30. The highest BCUT2D eigenvalue weighted by Crippen LogP contribution is 2.28. The van der Waals surface area contributed by atoms with Gasteiger partial charge >= 0.3 is 0 Å². The minimum Gasteiger partial charge on any atom is -0.267 e. The van der Waals surface area contributed by atoms with E-state index in [1.165, 1.54) is 12.1 Å². The van der Waals surface area contributed by atoms with Gasteiger partial charge in [0, 0.05) is 11.6 Å². The fraction of sp³-hybridized carbons (Fsp3) is 0. The molecule has 0 saturated carbocycles. The zero-order valence-corrected chi connectivity index (χ0v) is 13.0. The molecular weight excluding hydrogens is 330 g/mol. The van der Waals surface area contributed by atoms with E-state index in [4.69, 9.17) is 12.2 Å². The number of hydrogen-bond donors (Lipinski definition) is 1. The van der Waals surface area contributed by atoms with Gasteiger partial charge in [-0.15, -0.1) is 0 Å². The third-order valence-electron chi connectivity index (χ3n) is 3.73. The van der Waals surface area contributed by atoms with Crippen LogP contribution >= 0.6 is 12.2 Å². The number of pyridine rings is 1. The Morgan fingerprint density at radius 3 is 2.71 bits per heavy atom. The maximum absolute atomic E-state index is 14.2. The molecule has 0 aliphatic heterocycles. The first-order chi connectivity index (χ1) is 11.7. The molecule has 4 rings (SSSR count). The van der Waals surface area contributed by atoms with Gasteiger partial charge in [0.2, 0.25) is 0 Å². The minimum absolute atomic E-state index is 0.0308. The highest BCUT2D eigenvalue weighted by atomic mass is 32.1. The van der Waals surface area contributed by atoms with Crippen LogP contribution in [0.5, 0.6) is 0 Å². The van der Waals surface area contributed by atoms with E-state index in [9.17, 15) is 8.78 Å². The number of aromatic amines is 1. The third kappa shape index (κ3) is 2.21. The highest BCUT2D eigenvalue weighted by Gasteiger charge is 2.18. The predicted octanol–water partition coefficient (Wildman–Crippen LogP) is 4.42. The van der Waals surface area contributed by atoms with Crippen molar-refractivity contribution in [1.29, 1.82) is 0 Å². The van der Waals surface area contributed by atoms with Gasteiger partial charge in [-0.05, 0) is 48.6 Å². The summed E-state index contributed by atoms with van der Waals surface area (Å²) in [6.07, 6.45) is 1.69. The van der Waals surface area contributed by atoms with E-state index in [2.05, 4.69) is 15.2 Å². The van der Waals surface area contributed by atoms with Crippen LogP contribution in [0.25, 0.3) is 28.0 Å². The Balaban J connectivity index is 2.05. The molecule has 7 heteroatoms. The summed E-state index contributed by atoms with van der Waals surface area (Å²) in [5.74, 6) is -1.70. The van der Waals surface area contributed by atoms with Crippen molar-refractivity contribution >= 4 is 23.1 Å². The maximum Gasteiger partial charge on any atom is 0.200 e. The van der Waals surface area contributed by atoms with Crippen LogP contribution in [0, 0.1) is 16.4 Å². The molecule has 4 aromatic rings. The van der Waals surface area contributed by atoms with Gasteiger partial charge in [0.15, 0.2) is 22.2 Å². The zero-order valence-electron chi connectivity index (χ0n) is 12.2. The van der Waals surface area contributed by atoms with Gasteiger partial charge in [0.05, 0.1) is 16.8 Å². The van der Waals surface area contributed by atoms with Gasteiger partial charge in [-0.25, -0.2) is 8.78 Å². The Kier molecular flexibility index (Phi) is 3.42. The molecule has 0 aliphatic carbocycles. The summed E-state index contributed by atoms with van der Waals surface area (Å²) in [6.45, 7) is 0. The average Bonchev–Trinajstić information content (AvgIpc) is 2.98. The van der Waals surface area contributed by atoms with Crippen LogP contribution in [0.3, 0.4) is 0 Å². The van der Waals surface area contributed by atoms with Gasteiger partial charge < -0.3 is 0 Å². The van der Waals surface area contributed by atoms with Crippen LogP contribution in [0.1, 0.15) is 0 Å². The quantitative estimate of drug-likeness (QED) is 0.549. The van der Waals surface area contributed by atoms with Crippen molar-refractivity contribution < 1.29 is 8.78 Å². The fourth-order valence-corrected chi connectivity index (χ4v) is 2.89. The summed E-state index contributed by atoms with van der Waals surface area (Å²) in [5.41, 5.74) is 1.49. The number of fused-ring (bicyclic) bond motifs is 1. The number of aromatic nitrogens is 4. The number of halogens is 2. The van der Waals surface area contributed by atoms with E-state index >= 15 is 0 Å². The largest absolute Gasteiger partial charge is 0.267 e. The monoisotopic (exact) mass is 340 g/mol. The molecule has 0 unspecified atom stereocenters. The first-order valence-electron chi connectivity index (χ1n) is 7.13. The molecule has 1 N–H and O–H groups in total. The van der Waals surface area contributed by atoms with E-state index in [-0.39, 0.29) is 16.2 Å². The average molecular weight is 340 g/mol. The van der Waals surface area contributed by atoms with Gasteiger partial charge in [0.1, 0.15) is 0 Å². The van der Waals surface area contributed by atoms with Gasteiger partial charge in [0.25, 0.3) is 0 Å². The number of nitrogens with one attached hydrogen (secondary N) is 1. The molecule has 0 saturated heterocycles. The lowest BCUT2D eigenvalue weighted by Crippen LogP contribution is -2.01. The summed E-state index contributed by atoms with van der Waals surface area (Å²) in [6, 6.07) is 13.2. The summed E-state index contributed by atoms with van der Waals surface area (Å²) in [4.78, 5) is 4.30. The normalized spacial score (nSPS) is 11.1. The molecule has 0 bridgehead atoms. The first kappa shape index (κ1) is 14.6. The molecule has 24 heavy (non-hydrogen) atoms. The lowest BCUT2D eigenvalue weighted by Gasteiger charge is -2.10. The van der Waals surface area contributed by atoms with Crippen molar-refractivity contribution in [3.63, 3.8) is 0 Å². The number of benzene rings is 2. The van der Waals surface area contributed by atoms with E-state index in [0.29, 0.717) is 5.69 Å². The van der Waals surface area contributed by atoms with Gasteiger partial charge in [-0.2, -0.15) is 5.10 Å². The first-order valence-corrected chi connectivity index (χ1v) is 7.53. The van der Waals surface area contributed by atoms with E-state index in [1.807, 2.05) is 24.3 Å². The molecular formula is C17H10F2N4S. The van der Waals surface area contributed by atoms with Crippen LogP contribution in [0.2, 0.25) is 0 Å². The standard InChI is InChI=1S/C17H10F2N4S/c18-12-6-1-4-11(15(12)19)16-21-22-17(24)23(16)14-8-2-7-13-10(14)5-3-9-20-13/h1-9H,(H,22,24). The molecule has 0 aliphatic rings. The maximum atomic E-state index is 14.2. The molecule has 0 atom stereocenters. The predicted molar refractivity (Wildman–Crippen MR) is 89.4 cm³/mol. The SMILES string of the molecule is Fc1cccc(-c2n[nH]c(=S)n2-c2cccc3ncccc23)c1F. The molecule has 0 radical (unpaired) electrons. The van der Waals surface area contributed by atoms with Crippen LogP contribution in [0.4, 0.5) is 8.78 Å². The Morgan fingerprint density at radius 2 is 1.83 bits per heavy atom. The summed E-state index contributed by atoms with van der Waals surface area (Å²) < 4.78 is 29.7. The van der Waals surface area contributed by atoms with Crippen LogP contribution in [-0.2, 0) is 0 Å². The molecule has 2 aromatic heterocycles.